The predicted octanol–water partition coefficient (Wildman–Crippen LogP) is 2.81. The molecule has 0 aliphatic carbocycles. The van der Waals surface area contributed by atoms with Crippen LogP contribution in [0, 0.1) is 5.82 Å². The van der Waals surface area contributed by atoms with Crippen molar-refractivity contribution in [1.82, 2.24) is 20.3 Å². The highest BCUT2D eigenvalue weighted by molar-refractivity contribution is 5.94. The number of aliphatic hydroxyl groups excluding tert-OH is 1. The molecule has 1 aromatic heterocycles. The number of carbonyl (C=O) groups excluding carboxylic acids is 1. The Hall–Kier alpha value is -3.10. The Bertz CT molecular complexity index is 1010. The van der Waals surface area contributed by atoms with Gasteiger partial charge in [0, 0.05) is 12.1 Å². The van der Waals surface area contributed by atoms with Crippen molar-refractivity contribution in [2.45, 2.75) is 44.1 Å². The first-order valence-electron chi connectivity index (χ1n) is 10.4. The monoisotopic (exact) mass is 424 g/mol. The van der Waals surface area contributed by atoms with Crippen molar-refractivity contribution in [1.29, 1.82) is 0 Å². The lowest BCUT2D eigenvalue weighted by molar-refractivity contribution is -0.0912. The SMILES string of the molecule is O=C(N[C@@H]1CC[C@H](CCn2cc(-c3ccccc3)nn2)O[C@@H]1CO)c1ccccc1F. The number of carbonyl (C=O) groups is 1. The first kappa shape index (κ1) is 21.1. The van der Waals surface area contributed by atoms with Gasteiger partial charge < -0.3 is 15.2 Å². The number of nitrogens with one attached hydrogen (secondary N) is 1. The van der Waals surface area contributed by atoms with Gasteiger partial charge in [-0.3, -0.25) is 9.48 Å². The summed E-state index contributed by atoms with van der Waals surface area (Å²) in [5.41, 5.74) is 1.81. The Morgan fingerprint density at radius 2 is 1.94 bits per heavy atom. The fraction of sp³-hybridized carbons (Fsp3) is 0.348. The van der Waals surface area contributed by atoms with Crippen LogP contribution in [0.3, 0.4) is 0 Å². The van der Waals surface area contributed by atoms with Crippen molar-refractivity contribution in [2.24, 2.45) is 0 Å². The van der Waals surface area contributed by atoms with Crippen molar-refractivity contribution in [2.75, 3.05) is 6.61 Å². The number of amides is 1. The quantitative estimate of drug-likeness (QED) is 0.609. The van der Waals surface area contributed by atoms with Gasteiger partial charge >= 0.3 is 0 Å². The normalized spacial score (nSPS) is 21.0. The number of halogens is 1. The van der Waals surface area contributed by atoms with Crippen LogP contribution in [0.25, 0.3) is 11.3 Å². The fourth-order valence-electron chi connectivity index (χ4n) is 3.83. The van der Waals surface area contributed by atoms with Crippen LogP contribution in [0.2, 0.25) is 0 Å². The molecule has 2 aromatic carbocycles. The van der Waals surface area contributed by atoms with E-state index in [1.54, 1.807) is 10.7 Å². The average molecular weight is 424 g/mol. The summed E-state index contributed by atoms with van der Waals surface area (Å²) in [6.07, 6.45) is 3.37. The van der Waals surface area contributed by atoms with Crippen LogP contribution < -0.4 is 5.32 Å². The molecule has 0 unspecified atom stereocenters. The third-order valence-corrected chi connectivity index (χ3v) is 5.52. The highest BCUT2D eigenvalue weighted by atomic mass is 19.1. The molecule has 2 heterocycles. The van der Waals surface area contributed by atoms with Gasteiger partial charge in [-0.25, -0.2) is 4.39 Å². The van der Waals surface area contributed by atoms with Crippen LogP contribution >= 0.6 is 0 Å². The van der Waals surface area contributed by atoms with Crippen LogP contribution in [-0.2, 0) is 11.3 Å². The summed E-state index contributed by atoms with van der Waals surface area (Å²) in [4.78, 5) is 12.4. The molecule has 2 N–H and O–H groups in total. The van der Waals surface area contributed by atoms with Gasteiger partial charge in [0.15, 0.2) is 0 Å². The van der Waals surface area contributed by atoms with Gasteiger partial charge in [-0.1, -0.05) is 47.7 Å². The largest absolute Gasteiger partial charge is 0.394 e. The Morgan fingerprint density at radius 3 is 2.71 bits per heavy atom. The first-order chi connectivity index (χ1) is 15.1. The van der Waals surface area contributed by atoms with E-state index in [0.29, 0.717) is 19.4 Å². The first-order valence-corrected chi connectivity index (χ1v) is 10.4. The number of rotatable bonds is 7. The molecule has 3 atom stereocenters. The Balaban J connectivity index is 1.30. The summed E-state index contributed by atoms with van der Waals surface area (Å²) in [5, 5.41) is 21.0. The van der Waals surface area contributed by atoms with E-state index in [2.05, 4.69) is 15.6 Å². The Morgan fingerprint density at radius 1 is 1.16 bits per heavy atom. The molecular formula is C23H25FN4O3. The summed E-state index contributed by atoms with van der Waals surface area (Å²) < 4.78 is 21.6. The molecule has 1 amide bonds. The zero-order chi connectivity index (χ0) is 21.6. The zero-order valence-electron chi connectivity index (χ0n) is 17.0. The van der Waals surface area contributed by atoms with E-state index < -0.39 is 17.8 Å². The number of hydrogen-bond acceptors (Lipinski definition) is 5. The van der Waals surface area contributed by atoms with Crippen LogP contribution in [0.1, 0.15) is 29.6 Å². The summed E-state index contributed by atoms with van der Waals surface area (Å²) in [7, 11) is 0. The molecule has 0 radical (unpaired) electrons. The molecule has 1 fully saturated rings. The van der Waals surface area contributed by atoms with Gasteiger partial charge in [-0.05, 0) is 31.4 Å². The van der Waals surface area contributed by atoms with E-state index >= 15 is 0 Å². The maximum atomic E-state index is 13.9. The number of aromatic nitrogens is 3. The van der Waals surface area contributed by atoms with E-state index in [1.807, 2.05) is 36.5 Å². The van der Waals surface area contributed by atoms with Crippen molar-refractivity contribution >= 4 is 5.91 Å². The number of nitrogens with zero attached hydrogens (tertiary/aromatic N) is 3. The van der Waals surface area contributed by atoms with Gasteiger partial charge in [0.25, 0.3) is 5.91 Å². The van der Waals surface area contributed by atoms with Gasteiger partial charge in [0.05, 0.1) is 30.5 Å². The summed E-state index contributed by atoms with van der Waals surface area (Å²) in [6, 6.07) is 15.3. The third-order valence-electron chi connectivity index (χ3n) is 5.52. The van der Waals surface area contributed by atoms with E-state index in [0.717, 1.165) is 17.7 Å². The van der Waals surface area contributed by atoms with Gasteiger partial charge in [-0.2, -0.15) is 0 Å². The summed E-state index contributed by atoms with van der Waals surface area (Å²) >= 11 is 0. The lowest BCUT2D eigenvalue weighted by Gasteiger charge is -2.36. The standard InChI is InChI=1S/C23H25FN4O3/c24-19-9-5-4-8-18(19)23(30)25-20-11-10-17(31-22(20)15-29)12-13-28-14-21(26-27-28)16-6-2-1-3-7-16/h1-9,14,17,20,22,29H,10-13,15H2,(H,25,30)/t17-,20-,22-/m1/s1. The highest BCUT2D eigenvalue weighted by Crippen LogP contribution is 2.23. The summed E-state index contributed by atoms with van der Waals surface area (Å²) in [5.74, 6) is -1.07. The van der Waals surface area contributed by atoms with Crippen LogP contribution in [-0.4, -0.2) is 50.9 Å². The lowest BCUT2D eigenvalue weighted by atomic mass is 9.96. The Labute approximate surface area is 179 Å². The van der Waals surface area contributed by atoms with Crippen LogP contribution in [0.5, 0.6) is 0 Å². The average Bonchev–Trinajstić information content (AvgIpc) is 3.28. The van der Waals surface area contributed by atoms with Crippen molar-refractivity contribution < 1.29 is 19.0 Å². The molecular weight excluding hydrogens is 399 g/mol. The van der Waals surface area contributed by atoms with Gasteiger partial charge in [0.1, 0.15) is 17.6 Å². The number of hydrogen-bond donors (Lipinski definition) is 2. The van der Waals surface area contributed by atoms with E-state index in [9.17, 15) is 14.3 Å². The fourth-order valence-corrected chi connectivity index (χ4v) is 3.83. The van der Waals surface area contributed by atoms with Gasteiger partial charge in [-0.15, -0.1) is 5.10 Å². The molecule has 3 aromatic rings. The molecule has 31 heavy (non-hydrogen) atoms. The topological polar surface area (TPSA) is 89.3 Å². The minimum absolute atomic E-state index is 0.0123. The second-order valence-corrected chi connectivity index (χ2v) is 7.64. The number of aliphatic hydroxyl groups is 1. The van der Waals surface area contributed by atoms with Crippen molar-refractivity contribution in [3.05, 3.63) is 72.2 Å². The van der Waals surface area contributed by atoms with E-state index in [1.165, 1.54) is 18.2 Å². The van der Waals surface area contributed by atoms with E-state index in [-0.39, 0.29) is 24.3 Å². The minimum Gasteiger partial charge on any atom is -0.394 e. The summed E-state index contributed by atoms with van der Waals surface area (Å²) in [6.45, 7) is 0.412. The number of ether oxygens (including phenoxy) is 1. The molecule has 1 aliphatic rings. The van der Waals surface area contributed by atoms with Crippen molar-refractivity contribution in [3.63, 3.8) is 0 Å². The highest BCUT2D eigenvalue weighted by Gasteiger charge is 2.32. The third kappa shape index (κ3) is 5.15. The zero-order valence-corrected chi connectivity index (χ0v) is 17.0. The molecule has 1 aliphatic heterocycles. The molecule has 4 rings (SSSR count). The lowest BCUT2D eigenvalue weighted by Crippen LogP contribution is -2.51. The molecule has 0 saturated carbocycles. The number of aryl methyl sites for hydroxylation is 1. The van der Waals surface area contributed by atoms with Gasteiger partial charge in [0.2, 0.25) is 0 Å². The molecule has 7 nitrogen and oxygen atoms in total. The van der Waals surface area contributed by atoms with Crippen molar-refractivity contribution in [3.8, 4) is 11.3 Å². The molecule has 0 bridgehead atoms. The molecule has 1 saturated heterocycles. The Kier molecular flexibility index (Phi) is 6.69. The second kappa shape index (κ2) is 9.80. The molecule has 162 valence electrons. The maximum Gasteiger partial charge on any atom is 0.254 e. The smallest absolute Gasteiger partial charge is 0.254 e. The molecule has 0 spiro atoms. The minimum atomic E-state index is -0.571. The predicted molar refractivity (Wildman–Crippen MR) is 113 cm³/mol. The number of benzene rings is 2. The van der Waals surface area contributed by atoms with Crippen LogP contribution in [0.15, 0.2) is 60.8 Å². The maximum absolute atomic E-state index is 13.9. The molecule has 8 heteroatoms. The van der Waals surface area contributed by atoms with E-state index in [4.69, 9.17) is 4.74 Å². The second-order valence-electron chi connectivity index (χ2n) is 7.64. The van der Waals surface area contributed by atoms with Crippen LogP contribution in [0.4, 0.5) is 4.39 Å².